The molecule has 14 heavy (non-hydrogen) atoms. The molecule has 0 aromatic rings. The van der Waals surface area contributed by atoms with E-state index in [9.17, 15) is 0 Å². The average Bonchev–Trinajstić information content (AvgIpc) is 2.38. The molecular weight excluding hydrogens is 172 g/mol. The number of hydrogen-bond donors (Lipinski definition) is 1. The van der Waals surface area contributed by atoms with E-state index in [1.807, 2.05) is 6.92 Å². The molecule has 0 aromatic carbocycles. The highest BCUT2D eigenvalue weighted by Crippen LogP contribution is 2.22. The van der Waals surface area contributed by atoms with Gasteiger partial charge in [-0.15, -0.1) is 0 Å². The molecule has 1 rings (SSSR count). The van der Waals surface area contributed by atoms with Crippen molar-refractivity contribution in [2.45, 2.75) is 45.1 Å². The summed E-state index contributed by atoms with van der Waals surface area (Å²) in [4.78, 5) is 0. The van der Waals surface area contributed by atoms with Crippen molar-refractivity contribution < 1.29 is 0 Å². The molecule has 2 nitrogen and oxygen atoms in total. The molecule has 1 aliphatic carbocycles. The standard InChI is InChI=1S/C12H20N2/c1-10(2)9-14-12-7-5-3-4-6-11(12)8-13/h11-12,14H,1,3-7,9H2,2H3. The van der Waals surface area contributed by atoms with Gasteiger partial charge < -0.3 is 5.32 Å². The Kier molecular flexibility index (Phi) is 4.69. The van der Waals surface area contributed by atoms with Crippen LogP contribution in [0.2, 0.25) is 0 Å². The van der Waals surface area contributed by atoms with Gasteiger partial charge in [0.05, 0.1) is 12.0 Å². The molecule has 2 atom stereocenters. The molecule has 0 saturated heterocycles. The minimum Gasteiger partial charge on any atom is -0.309 e. The molecule has 0 aromatic heterocycles. The van der Waals surface area contributed by atoms with Gasteiger partial charge in [0.1, 0.15) is 0 Å². The summed E-state index contributed by atoms with van der Waals surface area (Å²) in [7, 11) is 0. The normalized spacial score (nSPS) is 27.7. The van der Waals surface area contributed by atoms with Crippen molar-refractivity contribution in [1.82, 2.24) is 5.32 Å². The third-order valence-electron chi connectivity index (χ3n) is 2.85. The van der Waals surface area contributed by atoms with Gasteiger partial charge in [0.25, 0.3) is 0 Å². The van der Waals surface area contributed by atoms with Crippen molar-refractivity contribution in [2.75, 3.05) is 6.54 Å². The highest BCUT2D eigenvalue weighted by molar-refractivity contribution is 4.97. The van der Waals surface area contributed by atoms with Crippen LogP contribution >= 0.6 is 0 Å². The Morgan fingerprint density at radius 1 is 1.43 bits per heavy atom. The van der Waals surface area contributed by atoms with E-state index in [1.165, 1.54) is 19.3 Å². The first kappa shape index (κ1) is 11.3. The van der Waals surface area contributed by atoms with Crippen LogP contribution in [0, 0.1) is 17.2 Å². The fraction of sp³-hybridized carbons (Fsp3) is 0.750. The summed E-state index contributed by atoms with van der Waals surface area (Å²) in [5.74, 6) is 0.205. The molecule has 0 spiro atoms. The quantitative estimate of drug-likeness (QED) is 0.551. The minimum atomic E-state index is 0.205. The van der Waals surface area contributed by atoms with Crippen LogP contribution in [0.5, 0.6) is 0 Å². The zero-order valence-corrected chi connectivity index (χ0v) is 9.05. The van der Waals surface area contributed by atoms with Crippen LogP contribution in [-0.4, -0.2) is 12.6 Å². The van der Waals surface area contributed by atoms with E-state index in [1.54, 1.807) is 0 Å². The highest BCUT2D eigenvalue weighted by Gasteiger charge is 2.22. The van der Waals surface area contributed by atoms with E-state index in [4.69, 9.17) is 5.26 Å². The summed E-state index contributed by atoms with van der Waals surface area (Å²) in [5, 5.41) is 12.5. The van der Waals surface area contributed by atoms with E-state index >= 15 is 0 Å². The monoisotopic (exact) mass is 192 g/mol. The molecule has 1 fully saturated rings. The summed E-state index contributed by atoms with van der Waals surface area (Å²) in [6, 6.07) is 2.81. The lowest BCUT2D eigenvalue weighted by Crippen LogP contribution is -2.35. The van der Waals surface area contributed by atoms with Gasteiger partial charge in [-0.05, 0) is 19.8 Å². The van der Waals surface area contributed by atoms with Crippen molar-refractivity contribution in [3.8, 4) is 6.07 Å². The zero-order chi connectivity index (χ0) is 10.4. The van der Waals surface area contributed by atoms with Gasteiger partial charge in [-0.1, -0.05) is 31.4 Å². The van der Waals surface area contributed by atoms with Gasteiger partial charge in [0.2, 0.25) is 0 Å². The van der Waals surface area contributed by atoms with Gasteiger partial charge in [-0.3, -0.25) is 0 Å². The maximum absolute atomic E-state index is 9.04. The Labute approximate surface area is 87.0 Å². The molecule has 0 heterocycles. The van der Waals surface area contributed by atoms with Crippen LogP contribution < -0.4 is 5.32 Å². The maximum atomic E-state index is 9.04. The first-order valence-corrected chi connectivity index (χ1v) is 5.51. The predicted molar refractivity (Wildman–Crippen MR) is 58.8 cm³/mol. The summed E-state index contributed by atoms with van der Waals surface area (Å²) < 4.78 is 0. The van der Waals surface area contributed by atoms with Gasteiger partial charge in [0.15, 0.2) is 0 Å². The molecule has 0 radical (unpaired) electrons. The number of nitrogens with one attached hydrogen (secondary N) is 1. The zero-order valence-electron chi connectivity index (χ0n) is 9.05. The van der Waals surface area contributed by atoms with E-state index in [0.29, 0.717) is 6.04 Å². The van der Waals surface area contributed by atoms with Crippen LogP contribution in [-0.2, 0) is 0 Å². The van der Waals surface area contributed by atoms with E-state index in [0.717, 1.165) is 25.0 Å². The first-order valence-electron chi connectivity index (χ1n) is 5.51. The SMILES string of the molecule is C=C(C)CNC1CCCCCC1C#N. The molecular formula is C12H20N2. The second kappa shape index (κ2) is 5.82. The fourth-order valence-corrected chi connectivity index (χ4v) is 2.01. The Hall–Kier alpha value is -0.810. The third-order valence-corrected chi connectivity index (χ3v) is 2.85. The van der Waals surface area contributed by atoms with Crippen molar-refractivity contribution in [2.24, 2.45) is 5.92 Å². The van der Waals surface area contributed by atoms with Crippen LogP contribution in [0.25, 0.3) is 0 Å². The van der Waals surface area contributed by atoms with Gasteiger partial charge in [0, 0.05) is 12.6 Å². The largest absolute Gasteiger partial charge is 0.309 e. The molecule has 1 aliphatic rings. The Balaban J connectivity index is 2.45. The van der Waals surface area contributed by atoms with Crippen LogP contribution in [0.1, 0.15) is 39.0 Å². The Morgan fingerprint density at radius 3 is 2.79 bits per heavy atom. The first-order chi connectivity index (χ1) is 6.74. The maximum Gasteiger partial charge on any atom is 0.0672 e. The van der Waals surface area contributed by atoms with Crippen LogP contribution in [0.15, 0.2) is 12.2 Å². The summed E-state index contributed by atoms with van der Waals surface area (Å²) in [6.07, 6.45) is 5.95. The number of nitrogens with zero attached hydrogens (tertiary/aromatic N) is 1. The summed E-state index contributed by atoms with van der Waals surface area (Å²) in [6.45, 7) is 6.74. The predicted octanol–water partition coefficient (Wildman–Crippen LogP) is 2.62. The molecule has 2 heteroatoms. The summed E-state index contributed by atoms with van der Waals surface area (Å²) in [5.41, 5.74) is 1.14. The van der Waals surface area contributed by atoms with Crippen molar-refractivity contribution in [3.05, 3.63) is 12.2 Å². The van der Waals surface area contributed by atoms with E-state index in [-0.39, 0.29) is 5.92 Å². The highest BCUT2D eigenvalue weighted by atomic mass is 14.9. The number of nitriles is 1. The van der Waals surface area contributed by atoms with Crippen LogP contribution in [0.3, 0.4) is 0 Å². The fourth-order valence-electron chi connectivity index (χ4n) is 2.01. The molecule has 1 N–H and O–H groups in total. The van der Waals surface area contributed by atoms with Crippen molar-refractivity contribution in [3.63, 3.8) is 0 Å². The van der Waals surface area contributed by atoms with Crippen molar-refractivity contribution >= 4 is 0 Å². The Bertz CT molecular complexity index is 227. The third kappa shape index (κ3) is 3.51. The number of rotatable bonds is 3. The van der Waals surface area contributed by atoms with Crippen molar-refractivity contribution in [1.29, 1.82) is 5.26 Å². The van der Waals surface area contributed by atoms with Gasteiger partial charge in [-0.2, -0.15) is 5.26 Å². The lowest BCUT2D eigenvalue weighted by molar-refractivity contribution is 0.407. The lowest BCUT2D eigenvalue weighted by Gasteiger charge is -2.20. The molecule has 0 aliphatic heterocycles. The molecule has 1 saturated carbocycles. The Morgan fingerprint density at radius 2 is 2.14 bits per heavy atom. The second-order valence-corrected chi connectivity index (χ2v) is 4.32. The lowest BCUT2D eigenvalue weighted by atomic mass is 9.96. The second-order valence-electron chi connectivity index (χ2n) is 4.32. The average molecular weight is 192 g/mol. The summed E-state index contributed by atoms with van der Waals surface area (Å²) >= 11 is 0. The molecule has 0 bridgehead atoms. The van der Waals surface area contributed by atoms with E-state index in [2.05, 4.69) is 18.0 Å². The minimum absolute atomic E-state index is 0.205. The molecule has 2 unspecified atom stereocenters. The number of hydrogen-bond acceptors (Lipinski definition) is 2. The topological polar surface area (TPSA) is 35.8 Å². The van der Waals surface area contributed by atoms with Gasteiger partial charge >= 0.3 is 0 Å². The van der Waals surface area contributed by atoms with Crippen LogP contribution in [0.4, 0.5) is 0 Å². The molecule has 0 amide bonds. The van der Waals surface area contributed by atoms with E-state index < -0.39 is 0 Å². The molecule has 78 valence electrons. The smallest absolute Gasteiger partial charge is 0.0672 e. The van der Waals surface area contributed by atoms with Gasteiger partial charge in [-0.25, -0.2) is 0 Å².